The van der Waals surface area contributed by atoms with Crippen LogP contribution in [0.5, 0.6) is 0 Å². The highest BCUT2D eigenvalue weighted by atomic mass is 19.4. The van der Waals surface area contributed by atoms with Crippen molar-refractivity contribution in [1.29, 1.82) is 0 Å². The van der Waals surface area contributed by atoms with Crippen LogP contribution >= 0.6 is 0 Å². The smallest absolute Gasteiger partial charge is 0.351 e. The van der Waals surface area contributed by atoms with Gasteiger partial charge in [-0.05, 0) is 31.7 Å². The fourth-order valence-corrected chi connectivity index (χ4v) is 3.51. The van der Waals surface area contributed by atoms with Gasteiger partial charge >= 0.3 is 6.18 Å². The molecule has 2 aromatic heterocycles. The van der Waals surface area contributed by atoms with Crippen molar-refractivity contribution in [3.63, 3.8) is 0 Å². The van der Waals surface area contributed by atoms with Gasteiger partial charge in [0.1, 0.15) is 6.33 Å². The van der Waals surface area contributed by atoms with Gasteiger partial charge in [-0.1, -0.05) is 6.58 Å². The van der Waals surface area contributed by atoms with E-state index in [4.69, 9.17) is 0 Å². The SMILES string of the molecule is C=C(C)c1c(C(F)(F)F)ccc2c1nc(N1CCN(C)CC1)c1nncn12. The van der Waals surface area contributed by atoms with Crippen molar-refractivity contribution >= 4 is 28.1 Å². The lowest BCUT2D eigenvalue weighted by molar-refractivity contribution is -0.137. The Bertz CT molecular complexity index is 1030. The van der Waals surface area contributed by atoms with E-state index < -0.39 is 11.7 Å². The van der Waals surface area contributed by atoms with Crippen molar-refractivity contribution in [1.82, 2.24) is 24.5 Å². The zero-order valence-corrected chi connectivity index (χ0v) is 15.1. The zero-order valence-electron chi connectivity index (χ0n) is 15.1. The maximum atomic E-state index is 13.6. The van der Waals surface area contributed by atoms with Gasteiger partial charge in [-0.25, -0.2) is 4.98 Å². The summed E-state index contributed by atoms with van der Waals surface area (Å²) in [5.74, 6) is 0.551. The lowest BCUT2D eigenvalue weighted by atomic mass is 9.99. The molecule has 142 valence electrons. The first-order chi connectivity index (χ1) is 12.8. The van der Waals surface area contributed by atoms with E-state index >= 15 is 0 Å². The van der Waals surface area contributed by atoms with E-state index in [-0.39, 0.29) is 11.1 Å². The van der Waals surface area contributed by atoms with Crippen molar-refractivity contribution in [2.75, 3.05) is 38.1 Å². The van der Waals surface area contributed by atoms with E-state index in [0.717, 1.165) is 32.2 Å². The highest BCUT2D eigenvalue weighted by Gasteiger charge is 2.35. The first kappa shape index (κ1) is 17.7. The number of benzene rings is 1. The Morgan fingerprint density at radius 2 is 1.85 bits per heavy atom. The van der Waals surface area contributed by atoms with Gasteiger partial charge in [0, 0.05) is 31.7 Å². The molecule has 3 aromatic rings. The minimum atomic E-state index is -4.49. The highest BCUT2D eigenvalue weighted by molar-refractivity contribution is 5.93. The Morgan fingerprint density at radius 3 is 2.48 bits per heavy atom. The summed E-state index contributed by atoms with van der Waals surface area (Å²) in [5, 5.41) is 8.12. The highest BCUT2D eigenvalue weighted by Crippen LogP contribution is 2.39. The van der Waals surface area contributed by atoms with Crippen molar-refractivity contribution < 1.29 is 13.2 Å². The second-order valence-corrected chi connectivity index (χ2v) is 6.88. The molecule has 1 aliphatic heterocycles. The van der Waals surface area contributed by atoms with Crippen molar-refractivity contribution in [2.45, 2.75) is 13.1 Å². The van der Waals surface area contributed by atoms with Crippen LogP contribution in [0, 0.1) is 0 Å². The minimum Gasteiger partial charge on any atom is -0.351 e. The van der Waals surface area contributed by atoms with Crippen LogP contribution in [0.4, 0.5) is 19.0 Å². The van der Waals surface area contributed by atoms with Gasteiger partial charge < -0.3 is 9.80 Å². The first-order valence-electron chi connectivity index (χ1n) is 8.60. The maximum Gasteiger partial charge on any atom is 0.417 e. The Labute approximate surface area is 153 Å². The van der Waals surface area contributed by atoms with Crippen LogP contribution in [0.25, 0.3) is 22.3 Å². The molecule has 0 unspecified atom stereocenters. The average Bonchev–Trinajstić information content (AvgIpc) is 3.09. The number of nitrogens with zero attached hydrogens (tertiary/aromatic N) is 6. The summed E-state index contributed by atoms with van der Waals surface area (Å²) in [6, 6.07) is 2.49. The van der Waals surface area contributed by atoms with E-state index in [1.165, 1.54) is 12.4 Å². The molecule has 1 aromatic carbocycles. The summed E-state index contributed by atoms with van der Waals surface area (Å²) < 4.78 is 42.4. The molecule has 9 heteroatoms. The lowest BCUT2D eigenvalue weighted by Crippen LogP contribution is -2.45. The third kappa shape index (κ3) is 2.91. The summed E-state index contributed by atoms with van der Waals surface area (Å²) in [5.41, 5.74) is 0.937. The van der Waals surface area contributed by atoms with Gasteiger partial charge in [-0.3, -0.25) is 4.40 Å². The van der Waals surface area contributed by atoms with Gasteiger partial charge in [-0.2, -0.15) is 13.2 Å². The van der Waals surface area contributed by atoms with Crippen LogP contribution in [-0.4, -0.2) is 57.7 Å². The molecule has 0 N–H and O–H groups in total. The summed E-state index contributed by atoms with van der Waals surface area (Å²) in [6.45, 7) is 8.46. The van der Waals surface area contributed by atoms with Gasteiger partial charge in [0.2, 0.25) is 5.65 Å². The molecule has 0 amide bonds. The van der Waals surface area contributed by atoms with Crippen molar-refractivity contribution in [3.8, 4) is 0 Å². The predicted molar refractivity (Wildman–Crippen MR) is 97.7 cm³/mol. The van der Waals surface area contributed by atoms with Crippen LogP contribution in [0.2, 0.25) is 0 Å². The molecule has 0 atom stereocenters. The summed E-state index contributed by atoms with van der Waals surface area (Å²) >= 11 is 0. The lowest BCUT2D eigenvalue weighted by Gasteiger charge is -2.33. The van der Waals surface area contributed by atoms with Crippen LogP contribution in [0.15, 0.2) is 25.0 Å². The Hall–Kier alpha value is -2.68. The molecule has 6 nitrogen and oxygen atoms in total. The van der Waals surface area contributed by atoms with Gasteiger partial charge in [-0.15, -0.1) is 10.2 Å². The third-order valence-corrected chi connectivity index (χ3v) is 4.92. The van der Waals surface area contributed by atoms with Crippen LogP contribution in [-0.2, 0) is 6.18 Å². The van der Waals surface area contributed by atoms with Crippen LogP contribution in [0.3, 0.4) is 0 Å². The van der Waals surface area contributed by atoms with Gasteiger partial charge in [0.05, 0.1) is 16.6 Å². The second kappa shape index (κ2) is 6.19. The van der Waals surface area contributed by atoms with Crippen LogP contribution < -0.4 is 4.90 Å². The number of aromatic nitrogens is 4. The minimum absolute atomic E-state index is 0.0194. The zero-order chi connectivity index (χ0) is 19.3. The molecule has 0 spiro atoms. The van der Waals surface area contributed by atoms with E-state index in [1.54, 1.807) is 11.3 Å². The third-order valence-electron chi connectivity index (χ3n) is 4.92. The van der Waals surface area contributed by atoms with E-state index in [2.05, 4.69) is 26.7 Å². The molecule has 4 rings (SSSR count). The van der Waals surface area contributed by atoms with Crippen molar-refractivity contribution in [2.24, 2.45) is 0 Å². The molecule has 0 radical (unpaired) electrons. The predicted octanol–water partition coefficient (Wildman–Crippen LogP) is 3.08. The number of piperazine rings is 1. The Kier molecular flexibility index (Phi) is 4.06. The number of alkyl halides is 3. The number of rotatable bonds is 2. The number of hydrogen-bond donors (Lipinski definition) is 0. The Balaban J connectivity index is 2.03. The van der Waals surface area contributed by atoms with Gasteiger partial charge in [0.15, 0.2) is 5.82 Å². The fourth-order valence-electron chi connectivity index (χ4n) is 3.51. The maximum absolute atomic E-state index is 13.6. The number of likely N-dealkylation sites (N-methyl/N-ethyl adjacent to an activating group) is 1. The molecule has 1 aliphatic rings. The number of hydrogen-bond acceptors (Lipinski definition) is 5. The monoisotopic (exact) mass is 376 g/mol. The number of halogens is 3. The standard InChI is InChI=1S/C18H19F3N6/c1-11(2)14-12(18(19,20)21)4-5-13-15(14)23-16(17-24-22-10-27(13)17)26-8-6-25(3)7-9-26/h4-5,10H,1,6-9H2,2-3H3. The second-order valence-electron chi connectivity index (χ2n) is 6.88. The Morgan fingerprint density at radius 1 is 1.15 bits per heavy atom. The summed E-state index contributed by atoms with van der Waals surface area (Å²) in [4.78, 5) is 8.88. The van der Waals surface area contributed by atoms with Crippen molar-refractivity contribution in [3.05, 3.63) is 36.2 Å². The number of fused-ring (bicyclic) bond motifs is 3. The molecule has 27 heavy (non-hydrogen) atoms. The molecular formula is C18H19F3N6. The largest absolute Gasteiger partial charge is 0.417 e. The van der Waals surface area contributed by atoms with Crippen LogP contribution in [0.1, 0.15) is 18.1 Å². The number of allylic oxidation sites excluding steroid dienone is 1. The normalized spacial score (nSPS) is 16.4. The molecule has 0 aliphatic carbocycles. The van der Waals surface area contributed by atoms with E-state index in [1.807, 2.05) is 11.9 Å². The topological polar surface area (TPSA) is 49.6 Å². The fraction of sp³-hybridized carbons (Fsp3) is 0.389. The average molecular weight is 376 g/mol. The summed E-state index contributed by atoms with van der Waals surface area (Å²) in [7, 11) is 2.03. The van der Waals surface area contributed by atoms with E-state index in [9.17, 15) is 13.2 Å². The molecule has 1 fully saturated rings. The first-order valence-corrected chi connectivity index (χ1v) is 8.60. The summed E-state index contributed by atoms with van der Waals surface area (Å²) in [6.07, 6.45) is -2.98. The molecular weight excluding hydrogens is 357 g/mol. The van der Waals surface area contributed by atoms with Gasteiger partial charge in [0.25, 0.3) is 0 Å². The molecule has 1 saturated heterocycles. The molecule has 3 heterocycles. The molecule has 0 saturated carbocycles. The molecule has 0 bridgehead atoms. The number of anilines is 1. The quantitative estimate of drug-likeness (QED) is 0.688. The van der Waals surface area contributed by atoms with E-state index in [0.29, 0.717) is 22.6 Å².